The molecule has 0 atom stereocenters. The van der Waals surface area contributed by atoms with Crippen LogP contribution in [0, 0.1) is 5.82 Å². The molecule has 0 aliphatic rings. The summed E-state index contributed by atoms with van der Waals surface area (Å²) in [6.07, 6.45) is 0.747. The Morgan fingerprint density at radius 3 is 2.53 bits per heavy atom. The largest absolute Gasteiger partial charge is 0.419 e. The Labute approximate surface area is 181 Å². The number of rotatable bonds is 7. The maximum atomic E-state index is 13.8. The summed E-state index contributed by atoms with van der Waals surface area (Å²) in [5, 5.41) is 3.10. The van der Waals surface area contributed by atoms with Crippen molar-refractivity contribution in [3.8, 4) is 5.75 Å². The molecule has 0 heterocycles. The molecule has 30 heavy (non-hydrogen) atoms. The van der Waals surface area contributed by atoms with E-state index in [1.165, 1.54) is 17.0 Å². The zero-order chi connectivity index (χ0) is 21.3. The molecule has 0 saturated carbocycles. The summed E-state index contributed by atoms with van der Waals surface area (Å²) in [6, 6.07) is 22.8. The zero-order valence-electron chi connectivity index (χ0n) is 16.7. The molecule has 1 N–H and O–H groups in total. The first-order valence-electron chi connectivity index (χ1n) is 9.74. The summed E-state index contributed by atoms with van der Waals surface area (Å²) in [7, 11) is 0. The summed E-state index contributed by atoms with van der Waals surface area (Å²) in [5.41, 5.74) is 2.26. The average molecular weight is 423 g/mol. The Kier molecular flexibility index (Phi) is 7.51. The predicted molar refractivity (Wildman–Crippen MR) is 123 cm³/mol. The number of carbonyl (C=O) groups excluding carboxylic acids is 1. The van der Waals surface area contributed by atoms with Crippen LogP contribution < -0.4 is 15.0 Å². The molecule has 0 saturated heterocycles. The van der Waals surface area contributed by atoms with Crippen LogP contribution in [-0.4, -0.2) is 17.6 Å². The molecule has 0 aliphatic heterocycles. The minimum Gasteiger partial charge on any atom is -0.410 e. The van der Waals surface area contributed by atoms with Crippen LogP contribution in [0.5, 0.6) is 5.75 Å². The van der Waals surface area contributed by atoms with Crippen molar-refractivity contribution in [1.82, 2.24) is 0 Å². The van der Waals surface area contributed by atoms with Crippen molar-refractivity contribution < 1.29 is 13.9 Å². The van der Waals surface area contributed by atoms with Crippen LogP contribution in [0.4, 0.5) is 20.6 Å². The van der Waals surface area contributed by atoms with E-state index in [0.29, 0.717) is 35.8 Å². The minimum atomic E-state index is -0.577. The highest BCUT2D eigenvalue weighted by atomic mass is 32.1. The van der Waals surface area contributed by atoms with E-state index in [9.17, 15) is 9.18 Å². The highest BCUT2D eigenvalue weighted by Crippen LogP contribution is 2.22. The molecule has 3 aromatic carbocycles. The number of hydrogen-bond donors (Lipinski definition) is 1. The smallest absolute Gasteiger partial charge is 0.410 e. The molecule has 0 unspecified atom stereocenters. The second-order valence-corrected chi connectivity index (χ2v) is 7.16. The number of amides is 1. The van der Waals surface area contributed by atoms with Crippen molar-refractivity contribution in [1.29, 1.82) is 0 Å². The van der Waals surface area contributed by atoms with Crippen LogP contribution in [0.1, 0.15) is 18.9 Å². The number of hydrogen-bond acceptors (Lipinski definition) is 3. The van der Waals surface area contributed by atoms with Crippen molar-refractivity contribution in [2.75, 3.05) is 16.8 Å². The van der Waals surface area contributed by atoms with Crippen molar-refractivity contribution in [3.05, 3.63) is 90.2 Å². The number of anilines is 2. The molecule has 0 radical (unpaired) electrons. The van der Waals surface area contributed by atoms with E-state index in [2.05, 4.69) is 5.32 Å². The third kappa shape index (κ3) is 6.12. The first kappa shape index (κ1) is 21.5. The molecule has 0 fully saturated rings. The number of thiocarbonyl (C=S) groups is 1. The lowest BCUT2D eigenvalue weighted by molar-refractivity contribution is 0.207. The summed E-state index contributed by atoms with van der Waals surface area (Å²) in [6.45, 7) is 2.31. The Hall–Kier alpha value is -3.25. The van der Waals surface area contributed by atoms with Gasteiger partial charge in [-0.25, -0.2) is 9.18 Å². The maximum Gasteiger partial charge on any atom is 0.419 e. The molecule has 154 valence electrons. The van der Waals surface area contributed by atoms with E-state index >= 15 is 0 Å². The third-order valence-corrected chi connectivity index (χ3v) is 4.84. The fraction of sp³-hybridized carbons (Fsp3) is 0.167. The Bertz CT molecular complexity index is 1010. The Morgan fingerprint density at radius 1 is 1.03 bits per heavy atom. The monoisotopic (exact) mass is 422 g/mol. The SMILES string of the molecule is CCC(=S)Nc1cccc(OC(=O)N(CCc2ccccc2)c2cccc(F)c2)c1. The van der Waals surface area contributed by atoms with Gasteiger partial charge in [-0.15, -0.1) is 0 Å². The Balaban J connectivity index is 1.78. The number of nitrogens with one attached hydrogen (secondary N) is 1. The lowest BCUT2D eigenvalue weighted by Gasteiger charge is -2.22. The van der Waals surface area contributed by atoms with E-state index in [1.807, 2.05) is 43.3 Å². The third-order valence-electron chi connectivity index (χ3n) is 4.45. The second-order valence-electron chi connectivity index (χ2n) is 6.66. The lowest BCUT2D eigenvalue weighted by atomic mass is 10.1. The van der Waals surface area contributed by atoms with Gasteiger partial charge in [0.25, 0.3) is 0 Å². The number of benzene rings is 3. The summed E-state index contributed by atoms with van der Waals surface area (Å²) in [4.78, 5) is 15.1. The predicted octanol–water partition coefficient (Wildman–Crippen LogP) is 6.22. The van der Waals surface area contributed by atoms with Crippen LogP contribution in [0.3, 0.4) is 0 Å². The molecule has 6 heteroatoms. The van der Waals surface area contributed by atoms with E-state index < -0.39 is 11.9 Å². The minimum absolute atomic E-state index is 0.351. The van der Waals surface area contributed by atoms with Crippen molar-refractivity contribution in [2.24, 2.45) is 0 Å². The Morgan fingerprint density at radius 2 is 1.80 bits per heavy atom. The molecule has 3 aromatic rings. The van der Waals surface area contributed by atoms with Gasteiger partial charge in [-0.2, -0.15) is 0 Å². The average Bonchev–Trinajstić information content (AvgIpc) is 2.75. The second kappa shape index (κ2) is 10.5. The quantitative estimate of drug-likeness (QED) is 0.459. The standard InChI is InChI=1S/C24H23FN2O2S/c1-2-23(30)26-20-11-7-13-22(17-20)29-24(28)27(21-12-6-10-19(25)16-21)15-14-18-8-4-3-5-9-18/h3-13,16-17H,2,14-15H2,1H3,(H,26,30). The molecule has 4 nitrogen and oxygen atoms in total. The van der Waals surface area contributed by atoms with Gasteiger partial charge in [0.1, 0.15) is 11.6 Å². The fourth-order valence-electron chi connectivity index (χ4n) is 2.90. The van der Waals surface area contributed by atoms with Crippen molar-refractivity contribution >= 4 is 34.7 Å². The summed E-state index contributed by atoms with van der Waals surface area (Å²) < 4.78 is 19.4. The van der Waals surface area contributed by atoms with Gasteiger partial charge < -0.3 is 10.1 Å². The van der Waals surface area contributed by atoms with Gasteiger partial charge in [0, 0.05) is 24.0 Å². The highest BCUT2D eigenvalue weighted by molar-refractivity contribution is 7.80. The van der Waals surface area contributed by atoms with Gasteiger partial charge in [0.05, 0.1) is 4.99 Å². The zero-order valence-corrected chi connectivity index (χ0v) is 17.5. The normalized spacial score (nSPS) is 10.3. The molecule has 0 aromatic heterocycles. The van der Waals surface area contributed by atoms with Gasteiger partial charge in [0.2, 0.25) is 0 Å². The van der Waals surface area contributed by atoms with E-state index in [1.54, 1.807) is 30.3 Å². The van der Waals surface area contributed by atoms with E-state index in [0.717, 1.165) is 11.3 Å². The summed E-state index contributed by atoms with van der Waals surface area (Å²) >= 11 is 5.20. The van der Waals surface area contributed by atoms with Gasteiger partial charge in [-0.3, -0.25) is 4.90 Å². The molecular formula is C24H23FN2O2S. The van der Waals surface area contributed by atoms with Crippen LogP contribution in [-0.2, 0) is 6.42 Å². The first-order chi connectivity index (χ1) is 14.5. The van der Waals surface area contributed by atoms with Crippen molar-refractivity contribution in [2.45, 2.75) is 19.8 Å². The molecule has 0 bridgehead atoms. The van der Waals surface area contributed by atoms with Crippen LogP contribution >= 0.6 is 12.2 Å². The molecule has 3 rings (SSSR count). The summed E-state index contributed by atoms with van der Waals surface area (Å²) in [5.74, 6) is -0.0331. The van der Waals surface area contributed by atoms with Gasteiger partial charge in [-0.05, 0) is 48.7 Å². The lowest BCUT2D eigenvalue weighted by Crippen LogP contribution is -2.35. The van der Waals surface area contributed by atoms with Gasteiger partial charge in [0.15, 0.2) is 0 Å². The first-order valence-corrected chi connectivity index (χ1v) is 10.1. The van der Waals surface area contributed by atoms with Crippen LogP contribution in [0.2, 0.25) is 0 Å². The molecule has 1 amide bonds. The van der Waals surface area contributed by atoms with E-state index in [-0.39, 0.29) is 0 Å². The number of nitrogens with zero attached hydrogens (tertiary/aromatic N) is 1. The molecule has 0 aliphatic carbocycles. The van der Waals surface area contributed by atoms with Gasteiger partial charge >= 0.3 is 6.09 Å². The number of carbonyl (C=O) groups is 1. The molecule has 0 spiro atoms. The van der Waals surface area contributed by atoms with Crippen molar-refractivity contribution in [3.63, 3.8) is 0 Å². The van der Waals surface area contributed by atoms with Crippen LogP contribution in [0.15, 0.2) is 78.9 Å². The topological polar surface area (TPSA) is 41.6 Å². The van der Waals surface area contributed by atoms with Crippen LogP contribution in [0.25, 0.3) is 0 Å². The maximum absolute atomic E-state index is 13.8. The van der Waals surface area contributed by atoms with Gasteiger partial charge in [-0.1, -0.05) is 61.6 Å². The number of halogens is 1. The van der Waals surface area contributed by atoms with E-state index in [4.69, 9.17) is 17.0 Å². The number of ether oxygens (including phenoxy) is 1. The molecular weight excluding hydrogens is 399 g/mol. The fourth-order valence-corrected chi connectivity index (χ4v) is 3.02. The highest BCUT2D eigenvalue weighted by Gasteiger charge is 2.19.